The van der Waals surface area contributed by atoms with Gasteiger partial charge in [0.2, 0.25) is 0 Å². The third-order valence-corrected chi connectivity index (χ3v) is 7.78. The summed E-state index contributed by atoms with van der Waals surface area (Å²) in [5.74, 6) is 0. The van der Waals surface area contributed by atoms with Crippen LogP contribution in [0, 0.1) is 5.41 Å². The second-order valence-corrected chi connectivity index (χ2v) is 11.7. The number of benzene rings is 4. The zero-order valence-electron chi connectivity index (χ0n) is 23.4. The minimum Gasteiger partial charge on any atom is -0.312 e. The molecule has 0 amide bonds. The lowest BCUT2D eigenvalue weighted by molar-refractivity contribution is 0.300. The van der Waals surface area contributed by atoms with E-state index in [-0.39, 0.29) is 23.1 Å². The Bertz CT molecular complexity index is 1280. The lowest BCUT2D eigenvalue weighted by Gasteiger charge is -2.38. The van der Waals surface area contributed by atoms with Gasteiger partial charge in [-0.2, -0.15) is 0 Å². The van der Waals surface area contributed by atoms with Crippen molar-refractivity contribution in [3.8, 4) is 11.1 Å². The molecule has 0 heterocycles. The van der Waals surface area contributed by atoms with Crippen molar-refractivity contribution in [2.75, 3.05) is 0 Å². The molecule has 0 saturated carbocycles. The van der Waals surface area contributed by atoms with E-state index in [1.54, 1.807) is 0 Å². The van der Waals surface area contributed by atoms with Crippen LogP contribution in [0.15, 0.2) is 109 Å². The molecule has 1 radical (unpaired) electrons. The fourth-order valence-electron chi connectivity index (χ4n) is 4.33. The van der Waals surface area contributed by atoms with Gasteiger partial charge in [0.25, 0.3) is 0 Å². The van der Waals surface area contributed by atoms with Gasteiger partial charge in [0.15, 0.2) is 7.28 Å². The molecule has 4 aromatic rings. The van der Waals surface area contributed by atoms with E-state index in [9.17, 15) is 0 Å². The van der Waals surface area contributed by atoms with Gasteiger partial charge in [-0.15, -0.1) is 0 Å². The van der Waals surface area contributed by atoms with E-state index in [0.717, 1.165) is 17.7 Å². The second-order valence-electron chi connectivity index (χ2n) is 11.7. The number of hydrogen-bond acceptors (Lipinski definition) is 3. The largest absolute Gasteiger partial charge is 0.312 e. The van der Waals surface area contributed by atoms with Crippen LogP contribution < -0.4 is 21.8 Å². The third kappa shape index (κ3) is 7.23. The first kappa shape index (κ1) is 27.8. The summed E-state index contributed by atoms with van der Waals surface area (Å²) in [6, 6.07) is 38.2. The van der Waals surface area contributed by atoms with Gasteiger partial charge in [0.1, 0.15) is 0 Å². The lowest BCUT2D eigenvalue weighted by atomic mass is 9.42. The Labute approximate surface area is 230 Å². The quantitative estimate of drug-likeness (QED) is 0.162. The standard InChI is InChI=1S/C34H41BN3/c1-33(2,3)34(4,5)35-30-18-12-17-29(23-30)26-19-21-28(22-20-26)32(37-24-25-13-8-6-9-14-25)38-31(36)27-15-10-7-11-16-27/h6-23,31-32,37-38H,24,36H2,1-5H3. The molecule has 2 unspecified atom stereocenters. The first-order valence-electron chi connectivity index (χ1n) is 13.5. The fourth-order valence-corrected chi connectivity index (χ4v) is 4.33. The number of nitrogens with one attached hydrogen (secondary N) is 2. The van der Waals surface area contributed by atoms with Crippen molar-refractivity contribution in [1.29, 1.82) is 0 Å². The van der Waals surface area contributed by atoms with E-state index in [0.29, 0.717) is 0 Å². The summed E-state index contributed by atoms with van der Waals surface area (Å²) in [5, 5.41) is 7.33. The normalized spacial score (nSPS) is 13.6. The Morgan fingerprint density at radius 1 is 0.684 bits per heavy atom. The van der Waals surface area contributed by atoms with E-state index in [2.05, 4.69) is 137 Å². The highest BCUT2D eigenvalue weighted by Gasteiger charge is 2.33. The van der Waals surface area contributed by atoms with Gasteiger partial charge < -0.3 is 5.73 Å². The molecule has 0 aliphatic heterocycles. The molecular formula is C34H41BN3. The van der Waals surface area contributed by atoms with Gasteiger partial charge in [0.05, 0.1) is 12.3 Å². The highest BCUT2D eigenvalue weighted by atomic mass is 15.2. The van der Waals surface area contributed by atoms with Crippen LogP contribution in [-0.4, -0.2) is 7.28 Å². The molecule has 0 bridgehead atoms. The zero-order chi connectivity index (χ0) is 27.2. The number of rotatable bonds is 10. The Balaban J connectivity index is 1.54. The average Bonchev–Trinajstić information content (AvgIpc) is 2.91. The van der Waals surface area contributed by atoms with Gasteiger partial charge in [-0.25, -0.2) is 0 Å². The number of nitrogens with two attached hydrogens (primary N) is 1. The fraction of sp³-hybridized carbons (Fsp3) is 0.294. The van der Waals surface area contributed by atoms with Crippen molar-refractivity contribution in [3.05, 3.63) is 126 Å². The van der Waals surface area contributed by atoms with Gasteiger partial charge in [-0.3, -0.25) is 10.6 Å². The molecule has 0 aliphatic rings. The molecule has 0 aromatic heterocycles. The predicted octanol–water partition coefficient (Wildman–Crippen LogP) is 6.96. The SMILES string of the molecule is CC(C)(C)C(C)(C)[B]c1cccc(-c2ccc(C(NCc3ccccc3)NC(N)c3ccccc3)cc2)c1. The summed E-state index contributed by atoms with van der Waals surface area (Å²) in [7, 11) is 2.39. The van der Waals surface area contributed by atoms with Crippen molar-refractivity contribution in [2.24, 2.45) is 11.1 Å². The summed E-state index contributed by atoms with van der Waals surface area (Å²) in [5.41, 5.74) is 13.9. The molecule has 38 heavy (non-hydrogen) atoms. The highest BCUT2D eigenvalue weighted by Crippen LogP contribution is 2.43. The predicted molar refractivity (Wildman–Crippen MR) is 163 cm³/mol. The van der Waals surface area contributed by atoms with Crippen LogP contribution >= 0.6 is 0 Å². The maximum atomic E-state index is 6.57. The Kier molecular flexibility index (Phi) is 8.89. The zero-order valence-corrected chi connectivity index (χ0v) is 23.4. The van der Waals surface area contributed by atoms with Crippen LogP contribution in [0.4, 0.5) is 0 Å². The summed E-state index contributed by atoms with van der Waals surface area (Å²) in [6.45, 7) is 12.3. The van der Waals surface area contributed by atoms with E-state index < -0.39 is 0 Å². The summed E-state index contributed by atoms with van der Waals surface area (Å²) < 4.78 is 0. The van der Waals surface area contributed by atoms with E-state index >= 15 is 0 Å². The summed E-state index contributed by atoms with van der Waals surface area (Å²) >= 11 is 0. The van der Waals surface area contributed by atoms with E-state index in [1.165, 1.54) is 22.2 Å². The van der Waals surface area contributed by atoms with Gasteiger partial charge in [-0.05, 0) is 33.2 Å². The van der Waals surface area contributed by atoms with Crippen LogP contribution in [0.5, 0.6) is 0 Å². The molecular weight excluding hydrogens is 461 g/mol. The molecule has 4 N–H and O–H groups in total. The molecule has 0 fully saturated rings. The second kappa shape index (κ2) is 12.1. The summed E-state index contributed by atoms with van der Waals surface area (Å²) in [4.78, 5) is 0. The molecule has 3 nitrogen and oxygen atoms in total. The molecule has 2 atom stereocenters. The Morgan fingerprint density at radius 2 is 1.32 bits per heavy atom. The topological polar surface area (TPSA) is 50.1 Å². The maximum absolute atomic E-state index is 6.57. The molecule has 0 saturated heterocycles. The Hall–Kier alpha value is -3.18. The average molecular weight is 503 g/mol. The molecule has 0 aliphatic carbocycles. The van der Waals surface area contributed by atoms with Gasteiger partial charge >= 0.3 is 0 Å². The van der Waals surface area contributed by atoms with Crippen molar-refractivity contribution in [1.82, 2.24) is 10.6 Å². The molecule has 4 aromatic carbocycles. The van der Waals surface area contributed by atoms with Crippen molar-refractivity contribution in [3.63, 3.8) is 0 Å². The van der Waals surface area contributed by atoms with Crippen molar-refractivity contribution < 1.29 is 0 Å². The van der Waals surface area contributed by atoms with Crippen LogP contribution in [-0.2, 0) is 6.54 Å². The van der Waals surface area contributed by atoms with E-state index in [1.807, 2.05) is 24.3 Å². The van der Waals surface area contributed by atoms with Crippen LogP contribution in [0.3, 0.4) is 0 Å². The van der Waals surface area contributed by atoms with Crippen molar-refractivity contribution in [2.45, 2.75) is 58.8 Å². The monoisotopic (exact) mass is 502 g/mol. The molecule has 4 heteroatoms. The van der Waals surface area contributed by atoms with Gasteiger partial charge in [0, 0.05) is 6.54 Å². The minimum atomic E-state index is -0.289. The third-order valence-electron chi connectivity index (χ3n) is 7.78. The van der Waals surface area contributed by atoms with Crippen LogP contribution in [0.1, 0.15) is 63.6 Å². The first-order valence-corrected chi connectivity index (χ1v) is 13.5. The Morgan fingerprint density at radius 3 is 1.95 bits per heavy atom. The number of hydrogen-bond donors (Lipinski definition) is 3. The minimum absolute atomic E-state index is 0.0797. The first-order chi connectivity index (χ1) is 18.1. The van der Waals surface area contributed by atoms with Gasteiger partial charge in [-0.1, -0.05) is 155 Å². The highest BCUT2D eigenvalue weighted by molar-refractivity contribution is 6.57. The van der Waals surface area contributed by atoms with Crippen LogP contribution in [0.2, 0.25) is 5.31 Å². The molecule has 195 valence electrons. The summed E-state index contributed by atoms with van der Waals surface area (Å²) in [6.07, 6.45) is -0.394. The lowest BCUT2D eigenvalue weighted by Crippen LogP contribution is -2.39. The molecule has 4 rings (SSSR count). The van der Waals surface area contributed by atoms with E-state index in [4.69, 9.17) is 5.73 Å². The maximum Gasteiger partial charge on any atom is 0.158 e. The van der Waals surface area contributed by atoms with Crippen LogP contribution in [0.25, 0.3) is 11.1 Å². The van der Waals surface area contributed by atoms with Crippen molar-refractivity contribution >= 4 is 12.7 Å². The smallest absolute Gasteiger partial charge is 0.158 e. The molecule has 0 spiro atoms.